The lowest BCUT2D eigenvalue weighted by Gasteiger charge is -2.35. The maximum atomic E-state index is 15.9. The molecule has 1 saturated heterocycles. The minimum atomic E-state index is -5.06. The first-order valence-corrected chi connectivity index (χ1v) is 11.2. The summed E-state index contributed by atoms with van der Waals surface area (Å²) in [5, 5.41) is 14.2. The fourth-order valence-electron chi connectivity index (χ4n) is 4.23. The lowest BCUT2D eigenvalue weighted by Crippen LogP contribution is -2.52. The van der Waals surface area contributed by atoms with Crippen LogP contribution in [0.1, 0.15) is 5.56 Å². The number of H-pyrrole nitrogens is 1. The highest BCUT2D eigenvalue weighted by Crippen LogP contribution is 2.36. The third-order valence-electron chi connectivity index (χ3n) is 6.09. The number of nitrogens with two attached hydrogens (primary N) is 1. The maximum Gasteiger partial charge on any atom is 0.433 e. The lowest BCUT2D eigenvalue weighted by molar-refractivity contribution is -0.118. The number of rotatable bonds is 5. The van der Waals surface area contributed by atoms with E-state index in [2.05, 4.69) is 15.5 Å². The molecule has 1 aliphatic heterocycles. The van der Waals surface area contributed by atoms with Crippen molar-refractivity contribution in [3.8, 4) is 0 Å². The van der Waals surface area contributed by atoms with Gasteiger partial charge in [0.1, 0.15) is 11.4 Å². The standard InChI is InChI=1S/C24H19F4N7O3/c25-19-15(35-9-8-34(11-18(35)36)16-2-1-7-31-23(16)37)5-4-13(21(29)24(26,27)28)20(19)32-12-3-6-17-14(10-12)22(30)33-38-17/h1-7,10,29,32H,8-9,11H2,(H2,30,33)(H,31,37). The number of hydrogen-bond donors (Lipinski definition) is 4. The number of fused-ring (bicyclic) bond motifs is 1. The molecule has 0 radical (unpaired) electrons. The molecule has 3 heterocycles. The Labute approximate surface area is 211 Å². The number of carbonyl (C=O) groups is 1. The van der Waals surface area contributed by atoms with Gasteiger partial charge in [0.05, 0.1) is 23.3 Å². The molecule has 0 aliphatic carbocycles. The molecule has 2 aromatic carbocycles. The summed E-state index contributed by atoms with van der Waals surface area (Å²) < 4.78 is 61.3. The van der Waals surface area contributed by atoms with Gasteiger partial charge in [0, 0.05) is 30.5 Å². The normalized spacial score (nSPS) is 14.3. The topological polar surface area (TPSA) is 144 Å². The van der Waals surface area contributed by atoms with Crippen molar-refractivity contribution < 1.29 is 26.9 Å². The second-order valence-electron chi connectivity index (χ2n) is 8.45. The molecule has 0 atom stereocenters. The first kappa shape index (κ1) is 24.8. The zero-order chi connectivity index (χ0) is 27.2. The molecule has 2 aromatic heterocycles. The average molecular weight is 529 g/mol. The van der Waals surface area contributed by atoms with Gasteiger partial charge < -0.3 is 30.4 Å². The predicted octanol–water partition coefficient (Wildman–Crippen LogP) is 3.76. The summed E-state index contributed by atoms with van der Waals surface area (Å²) in [4.78, 5) is 30.2. The molecule has 5 N–H and O–H groups in total. The lowest BCUT2D eigenvalue weighted by atomic mass is 10.0. The largest absolute Gasteiger partial charge is 0.433 e. The molecule has 196 valence electrons. The minimum absolute atomic E-state index is 0.0295. The molecule has 38 heavy (non-hydrogen) atoms. The number of nitrogens with zero attached hydrogens (tertiary/aromatic N) is 3. The van der Waals surface area contributed by atoms with Crippen LogP contribution in [-0.2, 0) is 4.79 Å². The molecule has 1 fully saturated rings. The van der Waals surface area contributed by atoms with Crippen LogP contribution in [0.2, 0.25) is 0 Å². The number of nitrogen functional groups attached to an aromatic ring is 1. The smallest absolute Gasteiger partial charge is 0.380 e. The van der Waals surface area contributed by atoms with Gasteiger partial charge in [0.15, 0.2) is 17.2 Å². The second kappa shape index (κ2) is 9.21. The Kier molecular flexibility index (Phi) is 6.01. The Morgan fingerprint density at radius 3 is 2.63 bits per heavy atom. The Hall–Kier alpha value is -4.88. The van der Waals surface area contributed by atoms with Crippen LogP contribution in [0.4, 0.5) is 46.1 Å². The molecular weight excluding hydrogens is 510 g/mol. The van der Waals surface area contributed by atoms with E-state index in [1.54, 1.807) is 12.1 Å². The van der Waals surface area contributed by atoms with E-state index in [-0.39, 0.29) is 42.5 Å². The second-order valence-corrected chi connectivity index (χ2v) is 8.45. The molecule has 1 amide bonds. The number of amides is 1. The molecule has 4 aromatic rings. The van der Waals surface area contributed by atoms with Crippen molar-refractivity contribution in [2.24, 2.45) is 0 Å². The molecule has 5 rings (SSSR count). The number of alkyl halides is 3. The Balaban J connectivity index is 1.52. The van der Waals surface area contributed by atoms with Crippen LogP contribution in [0, 0.1) is 11.2 Å². The van der Waals surface area contributed by atoms with E-state index in [9.17, 15) is 22.8 Å². The molecular formula is C24H19F4N7O3. The number of benzene rings is 2. The van der Waals surface area contributed by atoms with Crippen molar-refractivity contribution in [3.05, 3.63) is 70.4 Å². The Bertz CT molecular complexity index is 1630. The number of piperazine rings is 1. The minimum Gasteiger partial charge on any atom is -0.380 e. The summed E-state index contributed by atoms with van der Waals surface area (Å²) in [6, 6.07) is 9.39. The van der Waals surface area contributed by atoms with E-state index in [0.717, 1.165) is 17.0 Å². The first-order valence-electron chi connectivity index (χ1n) is 11.2. The van der Waals surface area contributed by atoms with Crippen molar-refractivity contribution >= 4 is 51.2 Å². The van der Waals surface area contributed by atoms with Gasteiger partial charge in [-0.2, -0.15) is 13.2 Å². The SMILES string of the molecule is N=C(c1ccc(N2CCN(c3ccc[nH]c3=O)CC2=O)c(F)c1Nc1ccc2onc(N)c2c1)C(F)(F)F. The fourth-order valence-corrected chi connectivity index (χ4v) is 4.23. The monoisotopic (exact) mass is 529 g/mol. The summed E-state index contributed by atoms with van der Waals surface area (Å²) in [5.74, 6) is -1.70. The molecule has 1 aliphatic rings. The number of aromatic nitrogens is 2. The van der Waals surface area contributed by atoms with Crippen LogP contribution in [0.15, 0.2) is 58.0 Å². The van der Waals surface area contributed by atoms with Crippen LogP contribution < -0.4 is 26.4 Å². The van der Waals surface area contributed by atoms with Gasteiger partial charge in [-0.1, -0.05) is 5.16 Å². The van der Waals surface area contributed by atoms with Crippen LogP contribution in [0.25, 0.3) is 11.0 Å². The van der Waals surface area contributed by atoms with E-state index in [4.69, 9.17) is 15.7 Å². The number of nitrogens with one attached hydrogen (secondary N) is 3. The van der Waals surface area contributed by atoms with Crippen LogP contribution >= 0.6 is 0 Å². The Morgan fingerprint density at radius 1 is 1.13 bits per heavy atom. The van der Waals surface area contributed by atoms with Gasteiger partial charge >= 0.3 is 6.18 Å². The van der Waals surface area contributed by atoms with E-state index in [1.165, 1.54) is 29.3 Å². The van der Waals surface area contributed by atoms with Crippen LogP contribution in [0.3, 0.4) is 0 Å². The third kappa shape index (κ3) is 4.40. The highest BCUT2D eigenvalue weighted by Gasteiger charge is 2.38. The summed E-state index contributed by atoms with van der Waals surface area (Å²) in [6.45, 7) is -0.119. The van der Waals surface area contributed by atoms with Crippen molar-refractivity contribution in [2.45, 2.75) is 6.18 Å². The third-order valence-corrected chi connectivity index (χ3v) is 6.09. The van der Waals surface area contributed by atoms with E-state index in [1.807, 2.05) is 0 Å². The molecule has 14 heteroatoms. The number of hydrogen-bond acceptors (Lipinski definition) is 8. The van der Waals surface area contributed by atoms with Crippen LogP contribution in [-0.4, -0.2) is 47.6 Å². The quantitative estimate of drug-likeness (QED) is 0.228. The fraction of sp³-hybridized carbons (Fsp3) is 0.167. The highest BCUT2D eigenvalue weighted by atomic mass is 19.4. The molecule has 0 spiro atoms. The summed E-state index contributed by atoms with van der Waals surface area (Å²) in [7, 11) is 0. The van der Waals surface area contributed by atoms with Crippen molar-refractivity contribution in [1.82, 2.24) is 10.1 Å². The average Bonchev–Trinajstić information content (AvgIpc) is 3.25. The molecule has 0 bridgehead atoms. The highest BCUT2D eigenvalue weighted by molar-refractivity contribution is 6.08. The van der Waals surface area contributed by atoms with Gasteiger partial charge in [-0.05, 0) is 42.5 Å². The van der Waals surface area contributed by atoms with Gasteiger partial charge in [0.25, 0.3) is 5.56 Å². The number of aromatic amines is 1. The molecule has 10 nitrogen and oxygen atoms in total. The molecule has 0 saturated carbocycles. The van der Waals surface area contributed by atoms with Crippen LogP contribution in [0.5, 0.6) is 0 Å². The summed E-state index contributed by atoms with van der Waals surface area (Å²) >= 11 is 0. The molecule has 0 unspecified atom stereocenters. The van der Waals surface area contributed by atoms with Crippen molar-refractivity contribution in [1.29, 1.82) is 5.41 Å². The predicted molar refractivity (Wildman–Crippen MR) is 133 cm³/mol. The van der Waals surface area contributed by atoms with E-state index in [0.29, 0.717) is 11.0 Å². The zero-order valence-corrected chi connectivity index (χ0v) is 19.4. The van der Waals surface area contributed by atoms with Gasteiger partial charge in [-0.3, -0.25) is 15.0 Å². The van der Waals surface area contributed by atoms with E-state index < -0.39 is 40.4 Å². The number of pyridine rings is 1. The van der Waals surface area contributed by atoms with Gasteiger partial charge in [0.2, 0.25) is 5.91 Å². The summed E-state index contributed by atoms with van der Waals surface area (Å²) in [5.41, 5.74) is 2.64. The summed E-state index contributed by atoms with van der Waals surface area (Å²) in [6.07, 6.45) is -3.61. The van der Waals surface area contributed by atoms with Crippen molar-refractivity contribution in [3.63, 3.8) is 0 Å². The first-order chi connectivity index (χ1) is 18.0. The van der Waals surface area contributed by atoms with Gasteiger partial charge in [-0.25, -0.2) is 4.39 Å². The van der Waals surface area contributed by atoms with Gasteiger partial charge in [-0.15, -0.1) is 0 Å². The zero-order valence-electron chi connectivity index (χ0n) is 19.4. The van der Waals surface area contributed by atoms with E-state index >= 15 is 4.39 Å². The maximum absolute atomic E-state index is 15.9. The number of anilines is 5. The number of carbonyl (C=O) groups excluding carboxylic acids is 1. The Morgan fingerprint density at radius 2 is 1.92 bits per heavy atom. The number of halogens is 4. The van der Waals surface area contributed by atoms with Crippen molar-refractivity contribution in [2.75, 3.05) is 40.5 Å².